The van der Waals surface area contributed by atoms with Gasteiger partial charge in [-0.1, -0.05) is 11.1 Å². The summed E-state index contributed by atoms with van der Waals surface area (Å²) in [5.74, 6) is -0.0236. The van der Waals surface area contributed by atoms with Crippen molar-refractivity contribution in [2.45, 2.75) is 13.3 Å². The lowest BCUT2D eigenvalue weighted by Crippen LogP contribution is -2.02. The van der Waals surface area contributed by atoms with Gasteiger partial charge in [-0.15, -0.1) is 0 Å². The van der Waals surface area contributed by atoms with E-state index in [0.29, 0.717) is 11.3 Å². The number of nitro groups is 1. The standard InChI is InChI=1S/C8H10N2O4S/c1-6-4-7(2-3-15(13)14)9-5-8(6)10(11)12/h4-5H,2-3H2,1H3,(H,13,14)/p-1. The Morgan fingerprint density at radius 1 is 1.60 bits per heavy atom. The molecule has 0 radical (unpaired) electrons. The Bertz CT molecular complexity index is 408. The first kappa shape index (κ1) is 11.7. The maximum Gasteiger partial charge on any atom is 0.290 e. The Balaban J connectivity index is 2.82. The molecule has 1 rings (SSSR count). The van der Waals surface area contributed by atoms with Crippen molar-refractivity contribution in [2.24, 2.45) is 0 Å². The lowest BCUT2D eigenvalue weighted by molar-refractivity contribution is -0.385. The maximum absolute atomic E-state index is 10.5. The Morgan fingerprint density at radius 2 is 2.27 bits per heavy atom. The topological polar surface area (TPSA) is 96.2 Å². The first-order valence-corrected chi connectivity index (χ1v) is 5.41. The van der Waals surface area contributed by atoms with Gasteiger partial charge in [-0.2, -0.15) is 0 Å². The lowest BCUT2D eigenvalue weighted by Gasteiger charge is -2.04. The molecule has 0 aliphatic carbocycles. The second-order valence-electron chi connectivity index (χ2n) is 2.98. The molecule has 15 heavy (non-hydrogen) atoms. The third-order valence-corrected chi connectivity index (χ3v) is 2.40. The normalized spacial score (nSPS) is 12.4. The van der Waals surface area contributed by atoms with Crippen LogP contribution < -0.4 is 0 Å². The molecule has 0 amide bonds. The highest BCUT2D eigenvalue weighted by atomic mass is 32.2. The fourth-order valence-corrected chi connectivity index (χ4v) is 1.50. The van der Waals surface area contributed by atoms with Crippen LogP contribution in [0.25, 0.3) is 0 Å². The van der Waals surface area contributed by atoms with Crippen LogP contribution in [0.5, 0.6) is 0 Å². The molecule has 0 saturated carbocycles. The summed E-state index contributed by atoms with van der Waals surface area (Å²) in [6, 6.07) is 1.53. The van der Waals surface area contributed by atoms with Crippen LogP contribution in [-0.4, -0.2) is 24.4 Å². The number of pyridine rings is 1. The van der Waals surface area contributed by atoms with Gasteiger partial charge in [-0.3, -0.25) is 19.3 Å². The van der Waals surface area contributed by atoms with Crippen molar-refractivity contribution in [1.82, 2.24) is 4.98 Å². The molecular formula is C8H9N2O4S-. The van der Waals surface area contributed by atoms with Crippen LogP contribution in [0.2, 0.25) is 0 Å². The molecule has 0 saturated heterocycles. The molecule has 0 bridgehead atoms. The van der Waals surface area contributed by atoms with Gasteiger partial charge in [0.1, 0.15) is 6.20 Å². The number of hydrogen-bond donors (Lipinski definition) is 0. The average molecular weight is 229 g/mol. The summed E-state index contributed by atoms with van der Waals surface area (Å²) in [6.45, 7) is 1.59. The van der Waals surface area contributed by atoms with Gasteiger partial charge in [-0.25, -0.2) is 0 Å². The van der Waals surface area contributed by atoms with Gasteiger partial charge in [0.15, 0.2) is 0 Å². The zero-order valence-corrected chi connectivity index (χ0v) is 8.82. The summed E-state index contributed by atoms with van der Waals surface area (Å²) < 4.78 is 20.6. The molecule has 0 aromatic carbocycles. The summed E-state index contributed by atoms with van der Waals surface area (Å²) in [6.07, 6.45) is 1.42. The molecule has 7 heteroatoms. The second-order valence-corrected chi connectivity index (χ2v) is 3.99. The molecule has 6 nitrogen and oxygen atoms in total. The van der Waals surface area contributed by atoms with E-state index in [2.05, 4.69) is 4.98 Å². The lowest BCUT2D eigenvalue weighted by atomic mass is 10.2. The van der Waals surface area contributed by atoms with E-state index in [9.17, 15) is 18.9 Å². The Labute approximate surface area is 88.8 Å². The van der Waals surface area contributed by atoms with E-state index in [1.54, 1.807) is 6.92 Å². The highest BCUT2D eigenvalue weighted by Crippen LogP contribution is 2.16. The smallest absolute Gasteiger partial charge is 0.290 e. The molecule has 1 unspecified atom stereocenters. The molecule has 1 atom stereocenters. The van der Waals surface area contributed by atoms with Gasteiger partial charge in [0, 0.05) is 23.4 Å². The van der Waals surface area contributed by atoms with Crippen molar-refractivity contribution < 1.29 is 13.7 Å². The summed E-state index contributed by atoms with van der Waals surface area (Å²) >= 11 is -2.11. The predicted octanol–water partition coefficient (Wildman–Crippen LogP) is 0.720. The average Bonchev–Trinajstić information content (AvgIpc) is 2.14. The predicted molar refractivity (Wildman–Crippen MR) is 53.1 cm³/mol. The van der Waals surface area contributed by atoms with E-state index in [0.717, 1.165) is 6.20 Å². The van der Waals surface area contributed by atoms with E-state index in [4.69, 9.17) is 0 Å². The van der Waals surface area contributed by atoms with Crippen LogP contribution in [0.1, 0.15) is 11.3 Å². The minimum absolute atomic E-state index is 0.0236. The van der Waals surface area contributed by atoms with Crippen molar-refractivity contribution in [3.05, 3.63) is 33.6 Å². The fourth-order valence-electron chi connectivity index (χ4n) is 1.12. The Kier molecular flexibility index (Phi) is 3.87. The molecule has 0 aliphatic heterocycles. The van der Waals surface area contributed by atoms with Crippen LogP contribution in [0, 0.1) is 17.0 Å². The summed E-state index contributed by atoms with van der Waals surface area (Å²) in [4.78, 5) is 13.8. The summed E-state index contributed by atoms with van der Waals surface area (Å²) in [5, 5.41) is 10.5. The first-order valence-electron chi connectivity index (χ1n) is 4.16. The second kappa shape index (κ2) is 4.94. The molecular weight excluding hydrogens is 220 g/mol. The van der Waals surface area contributed by atoms with Gasteiger partial charge >= 0.3 is 0 Å². The molecule has 82 valence electrons. The third kappa shape index (κ3) is 3.37. The van der Waals surface area contributed by atoms with Crippen molar-refractivity contribution in [3.63, 3.8) is 0 Å². The van der Waals surface area contributed by atoms with Crippen molar-refractivity contribution in [3.8, 4) is 0 Å². The van der Waals surface area contributed by atoms with E-state index in [1.165, 1.54) is 6.07 Å². The fraction of sp³-hybridized carbons (Fsp3) is 0.375. The van der Waals surface area contributed by atoms with Crippen LogP contribution in [0.3, 0.4) is 0 Å². The molecule has 1 aromatic heterocycles. The van der Waals surface area contributed by atoms with Gasteiger partial charge < -0.3 is 4.55 Å². The number of rotatable bonds is 4. The molecule has 0 N–H and O–H groups in total. The van der Waals surface area contributed by atoms with Gasteiger partial charge in [0.05, 0.1) is 4.92 Å². The van der Waals surface area contributed by atoms with Gasteiger partial charge in [0.2, 0.25) is 0 Å². The third-order valence-electron chi connectivity index (χ3n) is 1.86. The highest BCUT2D eigenvalue weighted by Gasteiger charge is 2.10. The Hall–Kier alpha value is -1.34. The van der Waals surface area contributed by atoms with Gasteiger partial charge in [0.25, 0.3) is 5.69 Å². The van der Waals surface area contributed by atoms with E-state index in [1.807, 2.05) is 0 Å². The quantitative estimate of drug-likeness (QED) is 0.430. The monoisotopic (exact) mass is 229 g/mol. The SMILES string of the molecule is Cc1cc(CCS(=O)[O-])ncc1[N+](=O)[O-]. The molecule has 1 heterocycles. The van der Waals surface area contributed by atoms with Crippen molar-refractivity contribution >= 4 is 16.8 Å². The zero-order chi connectivity index (χ0) is 11.4. The van der Waals surface area contributed by atoms with E-state index >= 15 is 0 Å². The van der Waals surface area contributed by atoms with Crippen molar-refractivity contribution in [1.29, 1.82) is 0 Å². The van der Waals surface area contributed by atoms with Crippen LogP contribution >= 0.6 is 0 Å². The van der Waals surface area contributed by atoms with E-state index in [-0.39, 0.29) is 17.9 Å². The number of hydrogen-bond acceptors (Lipinski definition) is 5. The molecule has 1 aromatic rings. The number of aromatic nitrogens is 1. The van der Waals surface area contributed by atoms with Crippen LogP contribution in [0.4, 0.5) is 5.69 Å². The minimum Gasteiger partial charge on any atom is -0.772 e. The molecule has 0 fully saturated rings. The molecule has 0 aliphatic rings. The highest BCUT2D eigenvalue weighted by molar-refractivity contribution is 7.79. The number of aryl methyl sites for hydroxylation is 2. The van der Waals surface area contributed by atoms with Crippen LogP contribution in [-0.2, 0) is 17.5 Å². The number of nitrogens with zero attached hydrogens (tertiary/aromatic N) is 2. The van der Waals surface area contributed by atoms with E-state index < -0.39 is 16.0 Å². The first-order chi connectivity index (χ1) is 7.00. The zero-order valence-electron chi connectivity index (χ0n) is 8.00. The Morgan fingerprint density at radius 3 is 2.73 bits per heavy atom. The summed E-state index contributed by atoms with van der Waals surface area (Å²) in [5.41, 5.74) is 0.978. The summed E-state index contributed by atoms with van der Waals surface area (Å²) in [7, 11) is 0. The maximum atomic E-state index is 10.5. The van der Waals surface area contributed by atoms with Crippen molar-refractivity contribution in [2.75, 3.05) is 5.75 Å². The van der Waals surface area contributed by atoms with Crippen LogP contribution in [0.15, 0.2) is 12.3 Å². The van der Waals surface area contributed by atoms with Gasteiger partial charge in [-0.05, 0) is 13.0 Å². The minimum atomic E-state index is -2.11. The molecule has 0 spiro atoms. The largest absolute Gasteiger partial charge is 0.772 e.